The van der Waals surface area contributed by atoms with E-state index in [2.05, 4.69) is 26.8 Å². The maximum absolute atomic E-state index is 14.1. The molecule has 5 rings (SSSR count). The van der Waals surface area contributed by atoms with Crippen LogP contribution in [0.5, 0.6) is 0 Å². The van der Waals surface area contributed by atoms with Crippen LogP contribution in [0.15, 0.2) is 49.1 Å². The first-order valence-electron chi connectivity index (χ1n) is 10.5. The van der Waals surface area contributed by atoms with Gasteiger partial charge >= 0.3 is 0 Å². The summed E-state index contributed by atoms with van der Waals surface area (Å²) < 4.78 is 29.1. The number of aryl methyl sites for hydroxylation is 1. The van der Waals surface area contributed by atoms with Crippen molar-refractivity contribution in [1.29, 1.82) is 0 Å². The van der Waals surface area contributed by atoms with Crippen LogP contribution in [-0.4, -0.2) is 55.3 Å². The Morgan fingerprint density at radius 1 is 1.06 bits per heavy atom. The predicted molar refractivity (Wildman–Crippen MR) is 118 cm³/mol. The van der Waals surface area contributed by atoms with Gasteiger partial charge in [-0.25, -0.2) is 18.7 Å². The summed E-state index contributed by atoms with van der Waals surface area (Å²) in [6, 6.07) is 5.74. The molecule has 1 aliphatic heterocycles. The van der Waals surface area contributed by atoms with Gasteiger partial charge in [0.2, 0.25) is 0 Å². The molecule has 0 aliphatic carbocycles. The van der Waals surface area contributed by atoms with Gasteiger partial charge in [-0.3, -0.25) is 14.6 Å². The van der Waals surface area contributed by atoms with Crippen LogP contribution in [0.1, 0.15) is 12.5 Å². The van der Waals surface area contributed by atoms with Gasteiger partial charge in [0.1, 0.15) is 22.8 Å². The number of pyridine rings is 1. The molecule has 0 bridgehead atoms. The van der Waals surface area contributed by atoms with Crippen molar-refractivity contribution in [3.05, 3.63) is 66.3 Å². The molecule has 4 aromatic rings. The highest BCUT2D eigenvalue weighted by Crippen LogP contribution is 2.31. The summed E-state index contributed by atoms with van der Waals surface area (Å²) in [6.45, 7) is 4.72. The molecular formula is C23H23F2N7. The number of fused-ring (bicyclic) bond motifs is 1. The molecule has 0 N–H and O–H groups in total. The SMILES string of the molecule is C[C@H]1CN(Cc2ccc(F)cc2F)CCN1c1nc2ccncc2nc1-c1cnn(C)c1. The van der Waals surface area contributed by atoms with Crippen LogP contribution in [0.25, 0.3) is 22.3 Å². The van der Waals surface area contributed by atoms with E-state index in [1.54, 1.807) is 23.3 Å². The predicted octanol–water partition coefficient (Wildman–Crippen LogP) is 3.41. The normalized spacial score (nSPS) is 17.2. The summed E-state index contributed by atoms with van der Waals surface area (Å²) in [5.41, 5.74) is 3.67. The lowest BCUT2D eigenvalue weighted by Gasteiger charge is -2.41. The Bertz CT molecular complexity index is 1270. The van der Waals surface area contributed by atoms with Gasteiger partial charge in [0.25, 0.3) is 0 Å². The molecule has 7 nitrogen and oxygen atoms in total. The molecule has 1 fully saturated rings. The largest absolute Gasteiger partial charge is 0.350 e. The Morgan fingerprint density at radius 3 is 2.69 bits per heavy atom. The standard InChI is InChI=1S/C23H23F2N7/c1-15-12-31(14-16-3-4-18(24)9-19(16)25)7-8-32(15)23-22(17-10-27-30(2)13-17)28-21-11-26-6-5-20(21)29-23/h3-6,9-11,13,15H,7-8,12,14H2,1-2H3/t15-/m0/s1. The smallest absolute Gasteiger partial charge is 0.156 e. The fourth-order valence-corrected chi connectivity index (χ4v) is 4.22. The Balaban J connectivity index is 1.44. The number of aromatic nitrogens is 5. The minimum atomic E-state index is -0.558. The fraction of sp³-hybridized carbons (Fsp3) is 0.304. The van der Waals surface area contributed by atoms with Crippen LogP contribution in [0.4, 0.5) is 14.6 Å². The van der Waals surface area contributed by atoms with Gasteiger partial charge in [-0.1, -0.05) is 6.07 Å². The first-order chi connectivity index (χ1) is 15.5. The number of hydrogen-bond acceptors (Lipinski definition) is 6. The van der Waals surface area contributed by atoms with E-state index in [1.807, 2.05) is 19.3 Å². The van der Waals surface area contributed by atoms with Crippen LogP contribution < -0.4 is 4.90 Å². The Hall–Kier alpha value is -3.46. The average Bonchev–Trinajstić information content (AvgIpc) is 3.21. The molecule has 0 amide bonds. The lowest BCUT2D eigenvalue weighted by Crippen LogP contribution is -2.52. The summed E-state index contributed by atoms with van der Waals surface area (Å²) in [6.07, 6.45) is 7.13. The number of anilines is 1. The van der Waals surface area contributed by atoms with Crippen molar-refractivity contribution in [3.8, 4) is 11.3 Å². The highest BCUT2D eigenvalue weighted by Gasteiger charge is 2.28. The Morgan fingerprint density at radius 2 is 1.94 bits per heavy atom. The summed E-state index contributed by atoms with van der Waals surface area (Å²) in [7, 11) is 1.87. The van der Waals surface area contributed by atoms with Crippen molar-refractivity contribution in [2.45, 2.75) is 19.5 Å². The maximum Gasteiger partial charge on any atom is 0.156 e. The van der Waals surface area contributed by atoms with Crippen LogP contribution in [0.2, 0.25) is 0 Å². The lowest BCUT2D eigenvalue weighted by molar-refractivity contribution is 0.217. The second kappa shape index (κ2) is 8.23. The minimum absolute atomic E-state index is 0.122. The van der Waals surface area contributed by atoms with Gasteiger partial charge in [0.05, 0.1) is 17.9 Å². The van der Waals surface area contributed by atoms with Crippen LogP contribution in [-0.2, 0) is 13.6 Å². The topological polar surface area (TPSA) is 63.0 Å². The molecule has 0 radical (unpaired) electrons. The van der Waals surface area contributed by atoms with E-state index >= 15 is 0 Å². The van der Waals surface area contributed by atoms with E-state index in [1.165, 1.54) is 12.1 Å². The molecule has 1 saturated heterocycles. The zero-order valence-corrected chi connectivity index (χ0v) is 17.9. The second-order valence-corrected chi connectivity index (χ2v) is 8.18. The number of piperazine rings is 1. The summed E-state index contributed by atoms with van der Waals surface area (Å²) in [4.78, 5) is 18.4. The molecule has 9 heteroatoms. The summed E-state index contributed by atoms with van der Waals surface area (Å²) in [5, 5.41) is 4.30. The summed E-state index contributed by atoms with van der Waals surface area (Å²) in [5.74, 6) is -0.262. The molecule has 3 aromatic heterocycles. The molecule has 0 spiro atoms. The third-order valence-electron chi connectivity index (χ3n) is 5.82. The van der Waals surface area contributed by atoms with Crippen molar-refractivity contribution in [3.63, 3.8) is 0 Å². The summed E-state index contributed by atoms with van der Waals surface area (Å²) >= 11 is 0. The molecule has 0 saturated carbocycles. The van der Waals surface area contributed by atoms with Crippen molar-refractivity contribution in [2.24, 2.45) is 7.05 Å². The molecule has 32 heavy (non-hydrogen) atoms. The van der Waals surface area contributed by atoms with Gasteiger partial charge in [-0.15, -0.1) is 0 Å². The van der Waals surface area contributed by atoms with E-state index < -0.39 is 11.6 Å². The molecule has 1 atom stereocenters. The molecule has 1 aliphatic rings. The highest BCUT2D eigenvalue weighted by molar-refractivity contribution is 5.82. The monoisotopic (exact) mass is 435 g/mol. The zero-order valence-electron chi connectivity index (χ0n) is 17.9. The van der Waals surface area contributed by atoms with E-state index in [4.69, 9.17) is 9.97 Å². The number of rotatable bonds is 4. The van der Waals surface area contributed by atoms with Crippen molar-refractivity contribution < 1.29 is 8.78 Å². The van der Waals surface area contributed by atoms with Crippen LogP contribution in [0.3, 0.4) is 0 Å². The van der Waals surface area contributed by atoms with Gasteiger partial charge in [-0.2, -0.15) is 5.10 Å². The maximum atomic E-state index is 14.1. The van der Waals surface area contributed by atoms with Crippen molar-refractivity contribution in [2.75, 3.05) is 24.5 Å². The van der Waals surface area contributed by atoms with E-state index in [0.29, 0.717) is 18.7 Å². The van der Waals surface area contributed by atoms with Gasteiger partial charge < -0.3 is 4.90 Å². The Kier molecular flexibility index (Phi) is 5.26. The molecular weight excluding hydrogens is 412 g/mol. The van der Waals surface area contributed by atoms with E-state index in [0.717, 1.165) is 47.3 Å². The number of nitrogens with zero attached hydrogens (tertiary/aromatic N) is 7. The fourth-order valence-electron chi connectivity index (χ4n) is 4.22. The van der Waals surface area contributed by atoms with Gasteiger partial charge in [0.15, 0.2) is 5.82 Å². The van der Waals surface area contributed by atoms with Gasteiger partial charge in [0, 0.05) is 68.9 Å². The average molecular weight is 435 g/mol. The number of halogens is 2. The lowest BCUT2D eigenvalue weighted by atomic mass is 10.1. The first-order valence-corrected chi connectivity index (χ1v) is 10.5. The number of hydrogen-bond donors (Lipinski definition) is 0. The minimum Gasteiger partial charge on any atom is -0.350 e. The van der Waals surface area contributed by atoms with Crippen molar-refractivity contribution in [1.82, 2.24) is 29.6 Å². The first kappa shape index (κ1) is 20.4. The van der Waals surface area contributed by atoms with E-state index in [9.17, 15) is 8.78 Å². The van der Waals surface area contributed by atoms with Crippen LogP contribution in [0, 0.1) is 11.6 Å². The third kappa shape index (κ3) is 3.91. The highest BCUT2D eigenvalue weighted by atomic mass is 19.1. The zero-order chi connectivity index (χ0) is 22.2. The molecule has 0 unspecified atom stereocenters. The molecule has 4 heterocycles. The van der Waals surface area contributed by atoms with Gasteiger partial charge in [-0.05, 0) is 19.1 Å². The molecule has 164 valence electrons. The third-order valence-corrected chi connectivity index (χ3v) is 5.82. The van der Waals surface area contributed by atoms with E-state index in [-0.39, 0.29) is 6.04 Å². The Labute approximate surface area is 184 Å². The molecule has 1 aromatic carbocycles. The number of benzene rings is 1. The quantitative estimate of drug-likeness (QED) is 0.490. The van der Waals surface area contributed by atoms with Crippen LogP contribution >= 0.6 is 0 Å². The second-order valence-electron chi connectivity index (χ2n) is 8.18. The van der Waals surface area contributed by atoms with Crippen molar-refractivity contribution >= 4 is 16.9 Å².